The highest BCUT2D eigenvalue weighted by Gasteiger charge is 2.18. The number of carbonyl (C=O) groups is 2. The number of nitrogens with one attached hydrogen (secondary N) is 1. The van der Waals surface area contributed by atoms with E-state index in [1.54, 1.807) is 6.07 Å². The Hall–Kier alpha value is -1.82. The normalized spacial score (nSPS) is 15.6. The molecule has 92 valence electrons. The Bertz CT molecular complexity index is 382. The van der Waals surface area contributed by atoms with Crippen molar-refractivity contribution in [3.8, 4) is 0 Å². The Morgan fingerprint density at radius 2 is 2.29 bits per heavy atom. The lowest BCUT2D eigenvalue weighted by Gasteiger charge is -2.25. The second-order valence-electron chi connectivity index (χ2n) is 3.70. The van der Waals surface area contributed by atoms with Crippen LogP contribution in [0, 0.1) is 0 Å². The van der Waals surface area contributed by atoms with Crippen molar-refractivity contribution in [1.29, 1.82) is 0 Å². The highest BCUT2D eigenvalue weighted by atomic mass is 16.7. The topological polar surface area (TPSA) is 71.8 Å². The monoisotopic (exact) mass is 238 g/mol. The molecule has 6 nitrogen and oxygen atoms in total. The van der Waals surface area contributed by atoms with Gasteiger partial charge in [0.05, 0.1) is 19.4 Å². The maximum atomic E-state index is 11.6. The second kappa shape index (κ2) is 5.49. The summed E-state index contributed by atoms with van der Waals surface area (Å²) in [6.07, 6.45) is 3.30. The van der Waals surface area contributed by atoms with E-state index in [2.05, 4.69) is 5.32 Å². The van der Waals surface area contributed by atoms with Crippen LogP contribution in [0.15, 0.2) is 22.8 Å². The smallest absolute Gasteiger partial charge is 0.287 e. The highest BCUT2D eigenvalue weighted by Crippen LogP contribution is 2.05. The summed E-state index contributed by atoms with van der Waals surface area (Å²) in [5.74, 6) is -0.456. The van der Waals surface area contributed by atoms with E-state index in [9.17, 15) is 9.59 Å². The molecule has 1 fully saturated rings. The molecule has 1 aliphatic heterocycles. The van der Waals surface area contributed by atoms with Crippen LogP contribution in [0.4, 0.5) is 0 Å². The molecule has 0 atom stereocenters. The second-order valence-corrected chi connectivity index (χ2v) is 3.70. The van der Waals surface area contributed by atoms with E-state index >= 15 is 0 Å². The number of carbonyl (C=O) groups excluding carboxylic acids is 2. The van der Waals surface area contributed by atoms with E-state index in [4.69, 9.17) is 9.25 Å². The van der Waals surface area contributed by atoms with E-state index in [1.165, 1.54) is 17.4 Å². The van der Waals surface area contributed by atoms with Crippen LogP contribution in [0.5, 0.6) is 0 Å². The molecule has 1 N–H and O–H groups in total. The Balaban J connectivity index is 1.77. The van der Waals surface area contributed by atoms with E-state index in [0.29, 0.717) is 13.2 Å². The van der Waals surface area contributed by atoms with Crippen molar-refractivity contribution >= 4 is 11.8 Å². The maximum absolute atomic E-state index is 11.6. The molecule has 0 radical (unpaired) electrons. The largest absolute Gasteiger partial charge is 0.459 e. The summed E-state index contributed by atoms with van der Waals surface area (Å²) in [7, 11) is 0. The van der Waals surface area contributed by atoms with Gasteiger partial charge < -0.3 is 9.73 Å². The molecule has 1 aromatic rings. The van der Waals surface area contributed by atoms with Gasteiger partial charge in [0.15, 0.2) is 5.76 Å². The molecule has 2 rings (SSSR count). The van der Waals surface area contributed by atoms with Gasteiger partial charge in [-0.1, -0.05) is 0 Å². The van der Waals surface area contributed by atoms with Crippen LogP contribution in [-0.2, 0) is 9.63 Å². The molecule has 6 heteroatoms. The van der Waals surface area contributed by atoms with Gasteiger partial charge in [-0.2, -0.15) is 0 Å². The van der Waals surface area contributed by atoms with Crippen molar-refractivity contribution in [3.63, 3.8) is 0 Å². The van der Waals surface area contributed by atoms with Gasteiger partial charge in [0, 0.05) is 6.54 Å². The SMILES string of the molecule is O=C(NCC(=O)N1CCCCO1)c1ccco1. The summed E-state index contributed by atoms with van der Waals surface area (Å²) in [6.45, 7) is 1.05. The Morgan fingerprint density at radius 1 is 1.41 bits per heavy atom. The molecule has 2 heterocycles. The molecule has 0 aromatic carbocycles. The van der Waals surface area contributed by atoms with Crippen LogP contribution in [0.2, 0.25) is 0 Å². The van der Waals surface area contributed by atoms with Crippen LogP contribution in [0.25, 0.3) is 0 Å². The van der Waals surface area contributed by atoms with E-state index < -0.39 is 5.91 Å². The summed E-state index contributed by atoms with van der Waals surface area (Å²) in [4.78, 5) is 28.3. The Morgan fingerprint density at radius 3 is 2.94 bits per heavy atom. The van der Waals surface area contributed by atoms with Gasteiger partial charge in [-0.25, -0.2) is 5.06 Å². The molecule has 0 saturated carbocycles. The van der Waals surface area contributed by atoms with Crippen LogP contribution in [-0.4, -0.2) is 36.6 Å². The number of furan rings is 1. The summed E-state index contributed by atoms with van der Waals surface area (Å²) in [5.41, 5.74) is 0. The zero-order valence-corrected chi connectivity index (χ0v) is 9.35. The molecule has 0 aliphatic carbocycles. The number of hydroxylamine groups is 2. The fourth-order valence-corrected chi connectivity index (χ4v) is 1.53. The molecular weight excluding hydrogens is 224 g/mol. The van der Waals surface area contributed by atoms with Crippen molar-refractivity contribution in [1.82, 2.24) is 10.4 Å². The highest BCUT2D eigenvalue weighted by molar-refractivity contribution is 5.94. The third-order valence-corrected chi connectivity index (χ3v) is 2.43. The molecule has 0 spiro atoms. The number of hydrogen-bond donors (Lipinski definition) is 1. The average Bonchev–Trinajstić information content (AvgIpc) is 2.90. The lowest BCUT2D eigenvalue weighted by atomic mass is 10.3. The van der Waals surface area contributed by atoms with Gasteiger partial charge >= 0.3 is 0 Å². The third-order valence-electron chi connectivity index (χ3n) is 2.43. The fourth-order valence-electron chi connectivity index (χ4n) is 1.53. The zero-order valence-electron chi connectivity index (χ0n) is 9.35. The molecule has 0 unspecified atom stereocenters. The first-order valence-electron chi connectivity index (χ1n) is 5.52. The van der Waals surface area contributed by atoms with Crippen LogP contribution >= 0.6 is 0 Å². The number of amides is 2. The first-order chi connectivity index (χ1) is 8.27. The minimum absolute atomic E-state index is 0.0838. The number of hydrogen-bond acceptors (Lipinski definition) is 4. The number of nitrogens with zero attached hydrogens (tertiary/aromatic N) is 1. The van der Waals surface area contributed by atoms with Crippen LogP contribution < -0.4 is 5.32 Å². The predicted octanol–water partition coefficient (Wildman–Crippen LogP) is 0.563. The van der Waals surface area contributed by atoms with Gasteiger partial charge in [-0.05, 0) is 25.0 Å². The molecule has 1 aromatic heterocycles. The molecule has 2 amide bonds. The maximum Gasteiger partial charge on any atom is 0.287 e. The predicted molar refractivity (Wildman–Crippen MR) is 57.9 cm³/mol. The Labute approximate surface area is 98.5 Å². The first-order valence-corrected chi connectivity index (χ1v) is 5.52. The minimum atomic E-state index is -0.402. The van der Waals surface area contributed by atoms with Gasteiger partial charge in [0.2, 0.25) is 0 Å². The molecule has 0 bridgehead atoms. The number of rotatable bonds is 3. The van der Waals surface area contributed by atoms with Crippen molar-refractivity contribution in [3.05, 3.63) is 24.2 Å². The summed E-state index contributed by atoms with van der Waals surface area (Å²) in [6, 6.07) is 3.15. The van der Waals surface area contributed by atoms with Crippen LogP contribution in [0.1, 0.15) is 23.4 Å². The van der Waals surface area contributed by atoms with Gasteiger partial charge in [-0.15, -0.1) is 0 Å². The third kappa shape index (κ3) is 3.07. The van der Waals surface area contributed by atoms with E-state index in [-0.39, 0.29) is 18.2 Å². The van der Waals surface area contributed by atoms with Crippen LogP contribution in [0.3, 0.4) is 0 Å². The van der Waals surface area contributed by atoms with Crippen molar-refractivity contribution in [2.75, 3.05) is 19.7 Å². The average molecular weight is 238 g/mol. The lowest BCUT2D eigenvalue weighted by molar-refractivity contribution is -0.195. The van der Waals surface area contributed by atoms with E-state index in [1.807, 2.05) is 0 Å². The van der Waals surface area contributed by atoms with Crippen molar-refractivity contribution < 1.29 is 18.8 Å². The van der Waals surface area contributed by atoms with Gasteiger partial charge in [0.25, 0.3) is 11.8 Å². The summed E-state index contributed by atoms with van der Waals surface area (Å²) < 4.78 is 4.90. The molecule has 17 heavy (non-hydrogen) atoms. The lowest BCUT2D eigenvalue weighted by Crippen LogP contribution is -2.42. The van der Waals surface area contributed by atoms with Gasteiger partial charge in [0.1, 0.15) is 0 Å². The Kier molecular flexibility index (Phi) is 3.77. The van der Waals surface area contributed by atoms with Gasteiger partial charge in [-0.3, -0.25) is 14.4 Å². The minimum Gasteiger partial charge on any atom is -0.459 e. The molecular formula is C11H14N2O4. The van der Waals surface area contributed by atoms with Crippen molar-refractivity contribution in [2.24, 2.45) is 0 Å². The fraction of sp³-hybridized carbons (Fsp3) is 0.455. The standard InChI is InChI=1S/C11H14N2O4/c14-10(13-5-1-2-7-17-13)8-12-11(15)9-4-3-6-16-9/h3-4,6H,1-2,5,7-8H2,(H,12,15). The first kappa shape index (κ1) is 11.7. The molecule has 1 saturated heterocycles. The van der Waals surface area contributed by atoms with E-state index in [0.717, 1.165) is 12.8 Å². The zero-order chi connectivity index (χ0) is 12.1. The summed E-state index contributed by atoms with van der Waals surface area (Å²) >= 11 is 0. The quantitative estimate of drug-likeness (QED) is 0.835. The summed E-state index contributed by atoms with van der Waals surface area (Å²) in [5, 5.41) is 3.78. The molecule has 1 aliphatic rings. The van der Waals surface area contributed by atoms with Crippen molar-refractivity contribution in [2.45, 2.75) is 12.8 Å².